The molecule has 0 saturated carbocycles. The zero-order valence-electron chi connectivity index (χ0n) is 17.7. The topological polar surface area (TPSA) is 57.6 Å². The quantitative estimate of drug-likeness (QED) is 0.415. The maximum Gasteiger partial charge on any atom is 0.264 e. The van der Waals surface area contributed by atoms with Gasteiger partial charge in [0.05, 0.1) is 17.2 Å². The van der Waals surface area contributed by atoms with Crippen molar-refractivity contribution in [1.82, 2.24) is 0 Å². The number of halogens is 2. The van der Waals surface area contributed by atoms with Crippen LogP contribution < -0.4 is 4.31 Å². The van der Waals surface area contributed by atoms with E-state index in [0.717, 1.165) is 12.2 Å². The molecule has 0 aliphatic heterocycles. The summed E-state index contributed by atoms with van der Waals surface area (Å²) in [5.74, 6) is 0.936. The number of hydrogen-bond donors (Lipinski definition) is 1. The van der Waals surface area contributed by atoms with Gasteiger partial charge < -0.3 is 5.11 Å². The highest BCUT2D eigenvalue weighted by molar-refractivity contribution is 8.00. The fourth-order valence-corrected chi connectivity index (χ4v) is 6.01. The summed E-state index contributed by atoms with van der Waals surface area (Å²) in [5, 5.41) is 10.7. The van der Waals surface area contributed by atoms with Crippen LogP contribution in [0.2, 0.25) is 10.0 Å². The summed E-state index contributed by atoms with van der Waals surface area (Å²) in [5.41, 5.74) is 0.906. The molecule has 0 spiro atoms. The highest BCUT2D eigenvalue weighted by Gasteiger charge is 2.31. The SMILES string of the molecule is CC(CCCSC(C)(C)C)N(c1cc(Cl)ccc1CO)S(=O)(=O)c1ccc(Cl)cc1. The second kappa shape index (κ2) is 10.6. The minimum Gasteiger partial charge on any atom is -0.392 e. The van der Waals surface area contributed by atoms with Crippen LogP contribution in [0.15, 0.2) is 47.4 Å². The average Bonchev–Trinajstić information content (AvgIpc) is 2.65. The Labute approximate surface area is 194 Å². The first-order chi connectivity index (χ1) is 14.0. The number of anilines is 1. The van der Waals surface area contributed by atoms with Gasteiger partial charge in [0.15, 0.2) is 0 Å². The second-order valence-corrected chi connectivity index (χ2v) is 12.7. The molecule has 0 radical (unpaired) electrons. The number of benzene rings is 2. The van der Waals surface area contributed by atoms with Crippen LogP contribution in [-0.4, -0.2) is 30.1 Å². The third-order valence-corrected chi connectivity index (χ3v) is 8.32. The van der Waals surface area contributed by atoms with Crippen LogP contribution in [0.3, 0.4) is 0 Å². The summed E-state index contributed by atoms with van der Waals surface area (Å²) in [7, 11) is -3.89. The summed E-state index contributed by atoms with van der Waals surface area (Å²) in [6, 6.07) is 10.7. The van der Waals surface area contributed by atoms with Gasteiger partial charge in [-0.25, -0.2) is 8.42 Å². The molecule has 0 bridgehead atoms. The van der Waals surface area contributed by atoms with Gasteiger partial charge in [-0.15, -0.1) is 0 Å². The molecule has 0 heterocycles. The summed E-state index contributed by atoms with van der Waals surface area (Å²) in [6.45, 7) is 8.09. The summed E-state index contributed by atoms with van der Waals surface area (Å²) >= 11 is 14.0. The standard InChI is InChI=1S/C22H29Cl2NO3S2/c1-16(6-5-13-29-22(2,3)4)25(21-14-19(24)8-7-17(21)15-26)30(27,28)20-11-9-18(23)10-12-20/h7-12,14,16,26H,5-6,13,15H2,1-4H3. The van der Waals surface area contributed by atoms with E-state index >= 15 is 0 Å². The largest absolute Gasteiger partial charge is 0.392 e. The van der Waals surface area contributed by atoms with Gasteiger partial charge in [-0.2, -0.15) is 11.8 Å². The molecule has 2 aromatic rings. The van der Waals surface area contributed by atoms with E-state index in [1.54, 1.807) is 30.3 Å². The molecule has 0 aliphatic carbocycles. The minimum atomic E-state index is -3.89. The van der Waals surface area contributed by atoms with E-state index in [4.69, 9.17) is 23.2 Å². The van der Waals surface area contributed by atoms with Crippen LogP contribution >= 0.6 is 35.0 Å². The van der Waals surface area contributed by atoms with Gasteiger partial charge in [0.25, 0.3) is 10.0 Å². The maximum absolute atomic E-state index is 13.6. The van der Waals surface area contributed by atoms with E-state index in [9.17, 15) is 13.5 Å². The predicted octanol–water partition coefficient (Wildman–Crippen LogP) is 6.38. The number of nitrogens with zero attached hydrogens (tertiary/aromatic N) is 1. The predicted molar refractivity (Wildman–Crippen MR) is 129 cm³/mol. The second-order valence-electron chi connectivity index (χ2n) is 8.14. The Morgan fingerprint density at radius 3 is 2.23 bits per heavy atom. The van der Waals surface area contributed by atoms with Crippen molar-refractivity contribution in [3.8, 4) is 0 Å². The lowest BCUT2D eigenvalue weighted by molar-refractivity contribution is 0.282. The Kier molecular flexibility index (Phi) is 8.95. The van der Waals surface area contributed by atoms with Crippen molar-refractivity contribution in [2.24, 2.45) is 0 Å². The first kappa shape index (κ1) is 25.3. The van der Waals surface area contributed by atoms with Crippen LogP contribution in [0.5, 0.6) is 0 Å². The van der Waals surface area contributed by atoms with Gasteiger partial charge in [-0.1, -0.05) is 50.0 Å². The summed E-state index contributed by atoms with van der Waals surface area (Å²) < 4.78 is 28.8. The zero-order valence-corrected chi connectivity index (χ0v) is 20.9. The Morgan fingerprint density at radius 2 is 1.67 bits per heavy atom. The van der Waals surface area contributed by atoms with E-state index in [1.807, 2.05) is 18.7 Å². The normalized spacial score (nSPS) is 13.3. The van der Waals surface area contributed by atoms with E-state index in [1.165, 1.54) is 16.4 Å². The number of aliphatic hydroxyl groups is 1. The lowest BCUT2D eigenvalue weighted by Gasteiger charge is -2.32. The van der Waals surface area contributed by atoms with Crippen LogP contribution in [0.25, 0.3) is 0 Å². The van der Waals surface area contributed by atoms with Crippen molar-refractivity contribution in [2.75, 3.05) is 10.1 Å². The number of sulfonamides is 1. The Balaban J connectivity index is 2.43. The lowest BCUT2D eigenvalue weighted by atomic mass is 10.1. The first-order valence-corrected chi connectivity index (χ1v) is 13.0. The summed E-state index contributed by atoms with van der Waals surface area (Å²) in [4.78, 5) is 0.145. The number of aliphatic hydroxyl groups excluding tert-OH is 1. The number of hydrogen-bond acceptors (Lipinski definition) is 4. The van der Waals surface area contributed by atoms with Crippen molar-refractivity contribution < 1.29 is 13.5 Å². The smallest absolute Gasteiger partial charge is 0.264 e. The maximum atomic E-state index is 13.6. The molecule has 0 aromatic heterocycles. The highest BCUT2D eigenvalue weighted by Crippen LogP contribution is 2.34. The van der Waals surface area contributed by atoms with E-state index < -0.39 is 10.0 Å². The number of thioether (sulfide) groups is 1. The van der Waals surface area contributed by atoms with E-state index in [-0.39, 0.29) is 22.3 Å². The van der Waals surface area contributed by atoms with Crippen molar-refractivity contribution in [1.29, 1.82) is 0 Å². The van der Waals surface area contributed by atoms with Crippen molar-refractivity contribution >= 4 is 50.7 Å². The van der Waals surface area contributed by atoms with Gasteiger partial charge >= 0.3 is 0 Å². The lowest BCUT2D eigenvalue weighted by Crippen LogP contribution is -2.39. The van der Waals surface area contributed by atoms with Crippen molar-refractivity contribution in [2.45, 2.75) is 62.8 Å². The Bertz CT molecular complexity index is 942. The first-order valence-electron chi connectivity index (χ1n) is 9.79. The fraction of sp³-hybridized carbons (Fsp3) is 0.455. The van der Waals surface area contributed by atoms with Crippen LogP contribution in [0.4, 0.5) is 5.69 Å². The fourth-order valence-electron chi connectivity index (χ4n) is 3.07. The molecule has 30 heavy (non-hydrogen) atoms. The molecule has 8 heteroatoms. The highest BCUT2D eigenvalue weighted by atomic mass is 35.5. The van der Waals surface area contributed by atoms with Gasteiger partial charge in [-0.3, -0.25) is 4.31 Å². The average molecular weight is 491 g/mol. The molecule has 1 unspecified atom stereocenters. The van der Waals surface area contributed by atoms with Crippen molar-refractivity contribution in [3.05, 3.63) is 58.1 Å². The zero-order chi connectivity index (χ0) is 22.5. The molecular weight excluding hydrogens is 461 g/mol. The molecule has 0 aliphatic rings. The Hall–Kier alpha value is -0.920. The molecule has 2 rings (SSSR count). The molecule has 0 fully saturated rings. The van der Waals surface area contributed by atoms with E-state index in [0.29, 0.717) is 27.7 Å². The van der Waals surface area contributed by atoms with E-state index in [2.05, 4.69) is 20.8 Å². The minimum absolute atomic E-state index is 0.145. The molecule has 4 nitrogen and oxygen atoms in total. The van der Waals surface area contributed by atoms with Gasteiger partial charge in [0.1, 0.15) is 0 Å². The molecule has 2 aromatic carbocycles. The molecule has 1 atom stereocenters. The van der Waals surface area contributed by atoms with Crippen molar-refractivity contribution in [3.63, 3.8) is 0 Å². The molecular formula is C22H29Cl2NO3S2. The van der Waals surface area contributed by atoms with Gasteiger partial charge in [0.2, 0.25) is 0 Å². The number of rotatable bonds is 9. The van der Waals surface area contributed by atoms with Gasteiger partial charge in [0, 0.05) is 26.4 Å². The monoisotopic (exact) mass is 489 g/mol. The summed E-state index contributed by atoms with van der Waals surface area (Å²) in [6.07, 6.45) is 1.54. The molecule has 0 saturated heterocycles. The molecule has 1 N–H and O–H groups in total. The Morgan fingerprint density at radius 1 is 1.07 bits per heavy atom. The third kappa shape index (κ3) is 6.79. The van der Waals surface area contributed by atoms with Gasteiger partial charge in [-0.05, 0) is 61.9 Å². The molecule has 166 valence electrons. The van der Waals surface area contributed by atoms with Crippen LogP contribution in [0, 0.1) is 0 Å². The molecule has 0 amide bonds. The van der Waals surface area contributed by atoms with Crippen LogP contribution in [-0.2, 0) is 16.6 Å². The third-order valence-electron chi connectivity index (χ3n) is 4.53. The van der Waals surface area contributed by atoms with Crippen LogP contribution in [0.1, 0.15) is 46.1 Å².